The summed E-state index contributed by atoms with van der Waals surface area (Å²) in [6, 6.07) is 1.67. The average Bonchev–Trinajstić information content (AvgIpc) is 2.76. The van der Waals surface area contributed by atoms with E-state index < -0.39 is 17.5 Å². The summed E-state index contributed by atoms with van der Waals surface area (Å²) in [7, 11) is 1.99. The fourth-order valence-corrected chi connectivity index (χ4v) is 3.86. The summed E-state index contributed by atoms with van der Waals surface area (Å²) in [5.74, 6) is -2.58. The van der Waals surface area contributed by atoms with E-state index in [1.165, 1.54) is 0 Å². The van der Waals surface area contributed by atoms with Crippen LogP contribution in [0.3, 0.4) is 0 Å². The van der Waals surface area contributed by atoms with Gasteiger partial charge in [-0.05, 0) is 32.0 Å². The molecule has 0 radical (unpaired) electrons. The Morgan fingerprint density at radius 2 is 1.96 bits per heavy atom. The molecule has 1 atom stereocenters. The smallest absolute Gasteiger partial charge is 0.255 e. The summed E-state index contributed by atoms with van der Waals surface area (Å²) in [5.41, 5.74) is -0.346. The number of amides is 2. The first kappa shape index (κ1) is 18.1. The molecule has 0 aromatic heterocycles. The lowest BCUT2D eigenvalue weighted by Crippen LogP contribution is -2.62. The predicted molar refractivity (Wildman–Crippen MR) is 89.5 cm³/mol. The average molecular weight is 372 g/mol. The first-order valence-corrected chi connectivity index (χ1v) is 8.62. The minimum Gasteiger partial charge on any atom is -0.356 e. The number of hydrogen-bond donors (Lipinski definition) is 1. The Hall–Kier alpha value is -1.73. The summed E-state index contributed by atoms with van der Waals surface area (Å²) in [5, 5.41) is 2.75. The van der Waals surface area contributed by atoms with E-state index in [1.54, 1.807) is 4.90 Å². The van der Waals surface area contributed by atoms with Crippen LogP contribution in [0.4, 0.5) is 8.78 Å². The van der Waals surface area contributed by atoms with Crippen molar-refractivity contribution in [2.45, 2.75) is 24.8 Å². The molecule has 0 aliphatic carbocycles. The third-order valence-electron chi connectivity index (χ3n) is 5.26. The van der Waals surface area contributed by atoms with Gasteiger partial charge in [-0.25, -0.2) is 8.78 Å². The molecule has 25 heavy (non-hydrogen) atoms. The highest BCUT2D eigenvalue weighted by atomic mass is 35.5. The lowest BCUT2D eigenvalue weighted by molar-refractivity contribution is -0.121. The van der Waals surface area contributed by atoms with Crippen LogP contribution in [-0.2, 0) is 4.79 Å². The van der Waals surface area contributed by atoms with Crippen LogP contribution in [0.15, 0.2) is 12.1 Å². The lowest BCUT2D eigenvalue weighted by atomic mass is 9.86. The van der Waals surface area contributed by atoms with Crippen LogP contribution < -0.4 is 5.32 Å². The molecule has 0 saturated carbocycles. The third-order valence-corrected chi connectivity index (χ3v) is 5.57. The molecular weight excluding hydrogens is 352 g/mol. The van der Waals surface area contributed by atoms with Gasteiger partial charge < -0.3 is 10.2 Å². The van der Waals surface area contributed by atoms with Gasteiger partial charge in [-0.15, -0.1) is 0 Å². The maximum absolute atomic E-state index is 13.5. The number of nitrogens with one attached hydrogen (secondary N) is 1. The molecule has 5 nitrogen and oxygen atoms in total. The highest BCUT2D eigenvalue weighted by Gasteiger charge is 2.42. The maximum Gasteiger partial charge on any atom is 0.255 e. The quantitative estimate of drug-likeness (QED) is 0.769. The number of nitrogens with zero attached hydrogens (tertiary/aromatic N) is 2. The molecule has 2 heterocycles. The topological polar surface area (TPSA) is 52.6 Å². The molecule has 8 heteroatoms. The van der Waals surface area contributed by atoms with E-state index in [0.29, 0.717) is 39.0 Å². The number of piperazine rings is 1. The summed E-state index contributed by atoms with van der Waals surface area (Å²) < 4.78 is 26.8. The molecule has 1 unspecified atom stereocenters. The molecule has 2 aliphatic heterocycles. The standard InChI is InChI=1S/C17H20ClF2N3O2/c1-22-6-7-23(10-17(22)3-2-15(24)21-5-4-17)16(25)11-8-13(19)14(20)9-12(11)18/h8-9H,2-7,10H2,1H3,(H,21,24). The molecule has 2 aliphatic rings. The molecule has 136 valence electrons. The number of rotatable bonds is 1. The van der Waals surface area contributed by atoms with E-state index in [1.807, 2.05) is 7.05 Å². The van der Waals surface area contributed by atoms with Gasteiger partial charge in [0.1, 0.15) is 0 Å². The summed E-state index contributed by atoms with van der Waals surface area (Å²) in [6.07, 6.45) is 1.77. The fraction of sp³-hybridized carbons (Fsp3) is 0.529. The van der Waals surface area contributed by atoms with Crippen molar-refractivity contribution in [2.24, 2.45) is 0 Å². The van der Waals surface area contributed by atoms with Crippen LogP contribution in [0.5, 0.6) is 0 Å². The molecule has 1 spiro atoms. The third kappa shape index (κ3) is 3.48. The van der Waals surface area contributed by atoms with Gasteiger partial charge >= 0.3 is 0 Å². The Morgan fingerprint density at radius 1 is 1.24 bits per heavy atom. The van der Waals surface area contributed by atoms with Gasteiger partial charge in [0.05, 0.1) is 10.6 Å². The fourth-order valence-electron chi connectivity index (χ4n) is 3.63. The Morgan fingerprint density at radius 3 is 2.72 bits per heavy atom. The van der Waals surface area contributed by atoms with Gasteiger partial charge in [0.25, 0.3) is 5.91 Å². The van der Waals surface area contributed by atoms with E-state index in [0.717, 1.165) is 18.6 Å². The van der Waals surface area contributed by atoms with E-state index in [2.05, 4.69) is 10.2 Å². The Bertz CT molecular complexity index is 715. The second-order valence-corrected chi connectivity index (χ2v) is 7.13. The number of benzene rings is 1. The van der Waals surface area contributed by atoms with Gasteiger partial charge in [-0.3, -0.25) is 14.5 Å². The summed E-state index contributed by atoms with van der Waals surface area (Å²) in [4.78, 5) is 28.3. The van der Waals surface area contributed by atoms with Gasteiger partial charge in [-0.1, -0.05) is 11.6 Å². The second kappa shape index (κ2) is 6.88. The first-order chi connectivity index (χ1) is 11.8. The van der Waals surface area contributed by atoms with Crippen molar-refractivity contribution in [3.8, 4) is 0 Å². The Kier molecular flexibility index (Phi) is 4.97. The molecule has 3 rings (SSSR count). The molecule has 2 fully saturated rings. The van der Waals surface area contributed by atoms with Crippen molar-refractivity contribution in [1.82, 2.24) is 15.1 Å². The largest absolute Gasteiger partial charge is 0.356 e. The predicted octanol–water partition coefficient (Wildman–Crippen LogP) is 2.04. The number of likely N-dealkylation sites (N-methyl/N-ethyl adjacent to an activating group) is 1. The molecule has 1 aromatic rings. The SMILES string of the molecule is CN1CCN(C(=O)c2cc(F)c(F)cc2Cl)CC12CCNC(=O)CC2. The van der Waals surface area contributed by atoms with Gasteiger partial charge in [-0.2, -0.15) is 0 Å². The zero-order valence-electron chi connectivity index (χ0n) is 13.9. The van der Waals surface area contributed by atoms with Crippen molar-refractivity contribution in [2.75, 3.05) is 33.2 Å². The van der Waals surface area contributed by atoms with E-state index in [-0.39, 0.29) is 22.0 Å². The van der Waals surface area contributed by atoms with Gasteiger partial charge in [0.2, 0.25) is 5.91 Å². The van der Waals surface area contributed by atoms with E-state index in [9.17, 15) is 18.4 Å². The zero-order valence-corrected chi connectivity index (χ0v) is 14.7. The lowest BCUT2D eigenvalue weighted by Gasteiger charge is -2.49. The maximum atomic E-state index is 13.5. The number of halogens is 3. The van der Waals surface area contributed by atoms with Crippen molar-refractivity contribution >= 4 is 23.4 Å². The van der Waals surface area contributed by atoms with Crippen molar-refractivity contribution in [1.29, 1.82) is 0 Å². The molecule has 2 saturated heterocycles. The Balaban J connectivity index is 1.84. The van der Waals surface area contributed by atoms with Crippen LogP contribution in [-0.4, -0.2) is 60.4 Å². The Labute approximate surface area is 149 Å². The summed E-state index contributed by atoms with van der Waals surface area (Å²) in [6.45, 7) is 2.08. The first-order valence-electron chi connectivity index (χ1n) is 8.24. The minimum absolute atomic E-state index is 0.0115. The number of hydrogen-bond acceptors (Lipinski definition) is 3. The van der Waals surface area contributed by atoms with Crippen LogP contribution in [0, 0.1) is 11.6 Å². The monoisotopic (exact) mass is 371 g/mol. The number of carbonyl (C=O) groups excluding carboxylic acids is 2. The molecular formula is C17H20ClF2N3O2. The highest BCUT2D eigenvalue weighted by molar-refractivity contribution is 6.33. The van der Waals surface area contributed by atoms with Crippen molar-refractivity contribution in [3.05, 3.63) is 34.4 Å². The highest BCUT2D eigenvalue weighted by Crippen LogP contribution is 2.32. The van der Waals surface area contributed by atoms with Crippen LogP contribution in [0.25, 0.3) is 0 Å². The van der Waals surface area contributed by atoms with Crippen LogP contribution in [0.1, 0.15) is 29.6 Å². The zero-order chi connectivity index (χ0) is 18.2. The van der Waals surface area contributed by atoms with Gasteiger partial charge in [0, 0.05) is 38.1 Å². The van der Waals surface area contributed by atoms with E-state index >= 15 is 0 Å². The van der Waals surface area contributed by atoms with Crippen molar-refractivity contribution in [3.63, 3.8) is 0 Å². The van der Waals surface area contributed by atoms with Crippen molar-refractivity contribution < 1.29 is 18.4 Å². The second-order valence-electron chi connectivity index (χ2n) is 6.72. The molecule has 0 bridgehead atoms. The number of carbonyl (C=O) groups is 2. The van der Waals surface area contributed by atoms with Crippen LogP contribution in [0.2, 0.25) is 5.02 Å². The minimum atomic E-state index is -1.10. The summed E-state index contributed by atoms with van der Waals surface area (Å²) >= 11 is 5.95. The molecule has 2 amide bonds. The molecule has 1 aromatic carbocycles. The van der Waals surface area contributed by atoms with E-state index in [4.69, 9.17) is 11.6 Å². The molecule has 1 N–H and O–H groups in total. The van der Waals surface area contributed by atoms with Crippen LogP contribution >= 0.6 is 11.6 Å². The van der Waals surface area contributed by atoms with Gasteiger partial charge in [0.15, 0.2) is 11.6 Å². The normalized spacial score (nSPS) is 25.0.